The number of carbonyl (C=O) groups is 2. The quantitative estimate of drug-likeness (QED) is 0.847. The molecule has 1 aromatic carbocycles. The van der Waals surface area contributed by atoms with E-state index in [-0.39, 0.29) is 11.8 Å². The summed E-state index contributed by atoms with van der Waals surface area (Å²) in [6.07, 6.45) is 0.703. The summed E-state index contributed by atoms with van der Waals surface area (Å²) in [7, 11) is 0. The van der Waals surface area contributed by atoms with Crippen molar-refractivity contribution in [3.8, 4) is 0 Å². The van der Waals surface area contributed by atoms with Gasteiger partial charge < -0.3 is 10.0 Å². The summed E-state index contributed by atoms with van der Waals surface area (Å²) >= 11 is 0. The first-order valence-corrected chi connectivity index (χ1v) is 6.42. The first-order chi connectivity index (χ1) is 9.58. The van der Waals surface area contributed by atoms with Gasteiger partial charge in [-0.05, 0) is 30.5 Å². The number of fused-ring (bicyclic) bond motifs is 1. The molecule has 104 valence electrons. The van der Waals surface area contributed by atoms with Gasteiger partial charge in [-0.1, -0.05) is 6.92 Å². The Morgan fingerprint density at radius 2 is 2.10 bits per heavy atom. The van der Waals surface area contributed by atoms with Crippen molar-refractivity contribution >= 4 is 22.9 Å². The Kier molecular flexibility index (Phi) is 2.89. The van der Waals surface area contributed by atoms with E-state index in [1.165, 1.54) is 4.90 Å². The van der Waals surface area contributed by atoms with E-state index < -0.39 is 12.0 Å². The average molecular weight is 274 g/mol. The zero-order valence-electron chi connectivity index (χ0n) is 10.9. The molecular formula is C13H14N4O3. The van der Waals surface area contributed by atoms with Crippen LogP contribution in [0.1, 0.15) is 23.7 Å². The third-order valence-electron chi connectivity index (χ3n) is 3.78. The summed E-state index contributed by atoms with van der Waals surface area (Å²) in [5, 5.41) is 19.6. The van der Waals surface area contributed by atoms with E-state index in [0.717, 1.165) is 0 Å². The molecule has 0 bridgehead atoms. The number of aliphatic carboxylic acids is 1. The van der Waals surface area contributed by atoms with Crippen molar-refractivity contribution in [2.24, 2.45) is 5.92 Å². The van der Waals surface area contributed by atoms with Crippen LogP contribution in [0.5, 0.6) is 0 Å². The molecule has 2 atom stereocenters. The van der Waals surface area contributed by atoms with Crippen molar-refractivity contribution < 1.29 is 14.7 Å². The number of nitrogens with one attached hydrogen (secondary N) is 1. The standard InChI is InChI=1S/C13H14N4O3/c1-7-4-5-17(11(7)13(19)20)12(18)8-2-3-9-10(6-8)15-16-14-9/h2-3,6-7,11H,4-5H2,1H3,(H,19,20)(H,14,15,16). The maximum absolute atomic E-state index is 12.5. The van der Waals surface area contributed by atoms with Gasteiger partial charge in [-0.25, -0.2) is 4.79 Å². The van der Waals surface area contributed by atoms with Crippen LogP contribution in [0.25, 0.3) is 11.0 Å². The predicted octanol–water partition coefficient (Wildman–Crippen LogP) is 0.893. The second-order valence-electron chi connectivity index (χ2n) is 5.07. The molecule has 1 aliphatic rings. The van der Waals surface area contributed by atoms with Crippen LogP contribution < -0.4 is 0 Å². The van der Waals surface area contributed by atoms with E-state index in [1.54, 1.807) is 18.2 Å². The van der Waals surface area contributed by atoms with Gasteiger partial charge in [0.2, 0.25) is 0 Å². The van der Waals surface area contributed by atoms with Gasteiger partial charge in [0.15, 0.2) is 0 Å². The van der Waals surface area contributed by atoms with E-state index in [4.69, 9.17) is 0 Å². The first-order valence-electron chi connectivity index (χ1n) is 6.42. The van der Waals surface area contributed by atoms with E-state index in [0.29, 0.717) is 29.6 Å². The Labute approximate surface area is 114 Å². The number of H-pyrrole nitrogens is 1. The summed E-state index contributed by atoms with van der Waals surface area (Å²) in [5.41, 5.74) is 1.70. The SMILES string of the molecule is CC1CCN(C(=O)c2ccc3n[nH]nc3c2)C1C(=O)O. The molecule has 2 aromatic rings. The molecule has 1 aromatic heterocycles. The second-order valence-corrected chi connectivity index (χ2v) is 5.07. The van der Waals surface area contributed by atoms with Gasteiger partial charge >= 0.3 is 5.97 Å². The number of hydrogen-bond acceptors (Lipinski definition) is 4. The van der Waals surface area contributed by atoms with Crippen molar-refractivity contribution in [3.63, 3.8) is 0 Å². The highest BCUT2D eigenvalue weighted by Crippen LogP contribution is 2.26. The van der Waals surface area contributed by atoms with E-state index in [9.17, 15) is 14.7 Å². The van der Waals surface area contributed by atoms with Crippen LogP contribution in [0.2, 0.25) is 0 Å². The molecule has 7 nitrogen and oxygen atoms in total. The molecule has 1 amide bonds. The van der Waals surface area contributed by atoms with Gasteiger partial charge in [-0.3, -0.25) is 4.79 Å². The number of carboxylic acid groups (broad SMARTS) is 1. The number of amides is 1. The minimum atomic E-state index is -0.953. The molecular weight excluding hydrogens is 260 g/mol. The van der Waals surface area contributed by atoms with Crippen LogP contribution in [-0.2, 0) is 4.79 Å². The number of nitrogens with zero attached hydrogens (tertiary/aromatic N) is 3. The van der Waals surface area contributed by atoms with Crippen molar-refractivity contribution in [2.75, 3.05) is 6.54 Å². The maximum atomic E-state index is 12.5. The van der Waals surface area contributed by atoms with Crippen LogP contribution >= 0.6 is 0 Å². The Bertz CT molecular complexity index is 681. The van der Waals surface area contributed by atoms with Crippen LogP contribution in [0.4, 0.5) is 0 Å². The van der Waals surface area contributed by atoms with Gasteiger partial charge in [-0.15, -0.1) is 0 Å². The lowest BCUT2D eigenvalue weighted by Gasteiger charge is -2.23. The third-order valence-corrected chi connectivity index (χ3v) is 3.78. The highest BCUT2D eigenvalue weighted by Gasteiger charge is 2.39. The molecule has 0 aliphatic carbocycles. The molecule has 0 saturated carbocycles. The van der Waals surface area contributed by atoms with Crippen LogP contribution in [0.15, 0.2) is 18.2 Å². The molecule has 2 unspecified atom stereocenters. The summed E-state index contributed by atoms with van der Waals surface area (Å²) < 4.78 is 0. The van der Waals surface area contributed by atoms with Gasteiger partial charge in [-0.2, -0.15) is 15.4 Å². The van der Waals surface area contributed by atoms with Crippen molar-refractivity contribution in [2.45, 2.75) is 19.4 Å². The normalized spacial score (nSPS) is 22.4. The van der Waals surface area contributed by atoms with Crippen LogP contribution in [-0.4, -0.2) is 49.9 Å². The number of aromatic amines is 1. The molecule has 2 N–H and O–H groups in total. The Morgan fingerprint density at radius 1 is 1.35 bits per heavy atom. The molecule has 0 spiro atoms. The fourth-order valence-corrected chi connectivity index (χ4v) is 2.69. The van der Waals surface area contributed by atoms with Crippen molar-refractivity contribution in [3.05, 3.63) is 23.8 Å². The number of rotatable bonds is 2. The minimum Gasteiger partial charge on any atom is -0.480 e. The molecule has 20 heavy (non-hydrogen) atoms. The lowest BCUT2D eigenvalue weighted by atomic mass is 10.0. The molecule has 1 fully saturated rings. The monoisotopic (exact) mass is 274 g/mol. The van der Waals surface area contributed by atoms with Crippen molar-refractivity contribution in [1.29, 1.82) is 0 Å². The number of likely N-dealkylation sites (tertiary alicyclic amines) is 1. The average Bonchev–Trinajstić information content (AvgIpc) is 3.02. The van der Waals surface area contributed by atoms with E-state index >= 15 is 0 Å². The molecule has 0 radical (unpaired) electrons. The highest BCUT2D eigenvalue weighted by molar-refractivity contribution is 5.99. The number of aromatic nitrogens is 3. The maximum Gasteiger partial charge on any atom is 0.326 e. The predicted molar refractivity (Wildman–Crippen MR) is 70.1 cm³/mol. The fraction of sp³-hybridized carbons (Fsp3) is 0.385. The summed E-state index contributed by atoms with van der Waals surface area (Å²) in [4.78, 5) is 25.2. The minimum absolute atomic E-state index is 0.0350. The Balaban J connectivity index is 1.93. The third kappa shape index (κ3) is 1.91. The zero-order valence-corrected chi connectivity index (χ0v) is 10.9. The largest absolute Gasteiger partial charge is 0.480 e. The lowest BCUT2D eigenvalue weighted by molar-refractivity contribution is -0.142. The van der Waals surface area contributed by atoms with Gasteiger partial charge in [0, 0.05) is 12.1 Å². The lowest BCUT2D eigenvalue weighted by Crippen LogP contribution is -2.42. The Hall–Kier alpha value is -2.44. The summed E-state index contributed by atoms with van der Waals surface area (Å²) in [6, 6.07) is 4.22. The topological polar surface area (TPSA) is 99.2 Å². The molecule has 3 rings (SSSR count). The zero-order chi connectivity index (χ0) is 14.3. The van der Waals surface area contributed by atoms with Gasteiger partial charge in [0.25, 0.3) is 5.91 Å². The van der Waals surface area contributed by atoms with E-state index in [2.05, 4.69) is 15.4 Å². The highest BCUT2D eigenvalue weighted by atomic mass is 16.4. The summed E-state index contributed by atoms with van der Waals surface area (Å²) in [5.74, 6) is -1.26. The van der Waals surface area contributed by atoms with E-state index in [1.807, 2.05) is 6.92 Å². The van der Waals surface area contributed by atoms with Crippen LogP contribution in [0.3, 0.4) is 0 Å². The number of carbonyl (C=O) groups excluding carboxylic acids is 1. The number of benzene rings is 1. The van der Waals surface area contributed by atoms with Crippen molar-refractivity contribution in [1.82, 2.24) is 20.3 Å². The molecule has 2 heterocycles. The molecule has 1 aliphatic heterocycles. The summed E-state index contributed by atoms with van der Waals surface area (Å²) in [6.45, 7) is 2.32. The van der Waals surface area contributed by atoms with Crippen LogP contribution in [0, 0.1) is 5.92 Å². The molecule has 7 heteroatoms. The number of hydrogen-bond donors (Lipinski definition) is 2. The number of carboxylic acids is 1. The smallest absolute Gasteiger partial charge is 0.326 e. The fourth-order valence-electron chi connectivity index (χ4n) is 2.69. The second kappa shape index (κ2) is 4.59. The first kappa shape index (κ1) is 12.6. The van der Waals surface area contributed by atoms with Gasteiger partial charge in [0.1, 0.15) is 17.1 Å². The van der Waals surface area contributed by atoms with Gasteiger partial charge in [0.05, 0.1) is 0 Å². The Morgan fingerprint density at radius 3 is 2.85 bits per heavy atom. The molecule has 1 saturated heterocycles.